The van der Waals surface area contributed by atoms with Crippen LogP contribution in [0.2, 0.25) is 0 Å². The van der Waals surface area contributed by atoms with Crippen molar-refractivity contribution in [3.63, 3.8) is 0 Å². The number of likely N-dealkylation sites (N-methyl/N-ethyl adjacent to an activating group) is 1. The number of hydrogen-bond acceptors (Lipinski definition) is 4. The number of nitrogens with zero attached hydrogens (tertiary/aromatic N) is 3. The van der Waals surface area contributed by atoms with Gasteiger partial charge in [0.15, 0.2) is 0 Å². The monoisotopic (exact) mass is 278 g/mol. The van der Waals surface area contributed by atoms with E-state index < -0.39 is 0 Å². The van der Waals surface area contributed by atoms with Crippen LogP contribution < -0.4 is 5.32 Å². The van der Waals surface area contributed by atoms with E-state index in [1.807, 2.05) is 31.1 Å². The summed E-state index contributed by atoms with van der Waals surface area (Å²) in [6.07, 6.45) is 3.36. The predicted molar refractivity (Wildman–Crippen MR) is 76.9 cm³/mol. The molecule has 20 heavy (non-hydrogen) atoms. The maximum absolute atomic E-state index is 11.8. The Morgan fingerprint density at radius 1 is 1.20 bits per heavy atom. The standard InChI is InChI=1S/C14H22N4O2/c1-12(19)18(9-8-17(2)3)11-14(20)16-10-13-4-6-15-7-5-13/h4-7H,8-11H2,1-3H3,(H,16,20). The highest BCUT2D eigenvalue weighted by Crippen LogP contribution is 1.96. The quantitative estimate of drug-likeness (QED) is 0.769. The Kier molecular flexibility index (Phi) is 6.66. The number of amides is 2. The molecule has 0 unspecified atom stereocenters. The molecule has 0 spiro atoms. The van der Waals surface area contributed by atoms with Gasteiger partial charge in [0.2, 0.25) is 11.8 Å². The van der Waals surface area contributed by atoms with Crippen LogP contribution in [-0.4, -0.2) is 60.3 Å². The van der Waals surface area contributed by atoms with E-state index in [-0.39, 0.29) is 18.4 Å². The molecule has 0 aromatic carbocycles. The van der Waals surface area contributed by atoms with Crippen LogP contribution in [0.1, 0.15) is 12.5 Å². The Morgan fingerprint density at radius 2 is 1.85 bits per heavy atom. The summed E-state index contributed by atoms with van der Waals surface area (Å²) in [5.41, 5.74) is 0.982. The fourth-order valence-electron chi connectivity index (χ4n) is 1.60. The first-order valence-electron chi connectivity index (χ1n) is 6.55. The van der Waals surface area contributed by atoms with Crippen molar-refractivity contribution < 1.29 is 9.59 Å². The van der Waals surface area contributed by atoms with Gasteiger partial charge in [0.25, 0.3) is 0 Å². The highest BCUT2D eigenvalue weighted by molar-refractivity contribution is 5.83. The number of nitrogens with one attached hydrogen (secondary N) is 1. The van der Waals surface area contributed by atoms with E-state index in [4.69, 9.17) is 0 Å². The molecule has 6 nitrogen and oxygen atoms in total. The van der Waals surface area contributed by atoms with Crippen LogP contribution in [0.25, 0.3) is 0 Å². The first-order valence-corrected chi connectivity index (χ1v) is 6.55. The van der Waals surface area contributed by atoms with Crippen LogP contribution in [0.4, 0.5) is 0 Å². The van der Waals surface area contributed by atoms with Crippen LogP contribution >= 0.6 is 0 Å². The third-order valence-electron chi connectivity index (χ3n) is 2.84. The van der Waals surface area contributed by atoms with E-state index in [0.717, 1.165) is 12.1 Å². The zero-order valence-corrected chi connectivity index (χ0v) is 12.3. The molecule has 1 rings (SSSR count). The molecule has 1 aromatic heterocycles. The van der Waals surface area contributed by atoms with Gasteiger partial charge in [0.1, 0.15) is 0 Å². The molecule has 0 radical (unpaired) electrons. The fraction of sp³-hybridized carbons (Fsp3) is 0.500. The van der Waals surface area contributed by atoms with Crippen molar-refractivity contribution in [1.29, 1.82) is 0 Å². The van der Waals surface area contributed by atoms with Crippen LogP contribution in [0.15, 0.2) is 24.5 Å². The molecule has 1 aromatic rings. The number of hydrogen-bond donors (Lipinski definition) is 1. The lowest BCUT2D eigenvalue weighted by atomic mass is 10.3. The van der Waals surface area contributed by atoms with E-state index in [1.54, 1.807) is 17.3 Å². The molecule has 6 heteroatoms. The van der Waals surface area contributed by atoms with Crippen molar-refractivity contribution in [2.45, 2.75) is 13.5 Å². The van der Waals surface area contributed by atoms with Gasteiger partial charge in [-0.3, -0.25) is 14.6 Å². The Labute approximate surface area is 119 Å². The Morgan fingerprint density at radius 3 is 2.40 bits per heavy atom. The number of rotatable bonds is 7. The summed E-state index contributed by atoms with van der Waals surface area (Å²) < 4.78 is 0. The number of pyridine rings is 1. The predicted octanol–water partition coefficient (Wildman–Crippen LogP) is 0.108. The van der Waals surface area contributed by atoms with Gasteiger partial charge >= 0.3 is 0 Å². The van der Waals surface area contributed by atoms with Crippen molar-refractivity contribution in [2.75, 3.05) is 33.7 Å². The highest BCUT2D eigenvalue weighted by Gasteiger charge is 2.13. The van der Waals surface area contributed by atoms with Crippen LogP contribution in [0.3, 0.4) is 0 Å². The van der Waals surface area contributed by atoms with Gasteiger partial charge in [-0.2, -0.15) is 0 Å². The number of carbonyl (C=O) groups excluding carboxylic acids is 2. The first kappa shape index (κ1) is 16.1. The summed E-state index contributed by atoms with van der Waals surface area (Å²) >= 11 is 0. The molecule has 1 N–H and O–H groups in total. The second-order valence-electron chi connectivity index (χ2n) is 4.88. The molecule has 0 saturated carbocycles. The Hall–Kier alpha value is -1.95. The van der Waals surface area contributed by atoms with E-state index >= 15 is 0 Å². The van der Waals surface area contributed by atoms with Gasteiger partial charge in [0.05, 0.1) is 6.54 Å². The molecule has 0 atom stereocenters. The molecule has 0 aliphatic carbocycles. The number of aromatic nitrogens is 1. The summed E-state index contributed by atoms with van der Waals surface area (Å²) in [4.78, 5) is 30.8. The van der Waals surface area contributed by atoms with Crippen molar-refractivity contribution in [1.82, 2.24) is 20.1 Å². The van der Waals surface area contributed by atoms with Gasteiger partial charge in [-0.25, -0.2) is 0 Å². The van der Waals surface area contributed by atoms with E-state index in [9.17, 15) is 9.59 Å². The van der Waals surface area contributed by atoms with Gasteiger partial charge in [0, 0.05) is 39.0 Å². The van der Waals surface area contributed by atoms with Gasteiger partial charge in [-0.1, -0.05) is 0 Å². The summed E-state index contributed by atoms with van der Waals surface area (Å²) in [5, 5.41) is 2.80. The van der Waals surface area contributed by atoms with Crippen molar-refractivity contribution in [3.8, 4) is 0 Å². The maximum atomic E-state index is 11.8. The average molecular weight is 278 g/mol. The van der Waals surface area contributed by atoms with Crippen molar-refractivity contribution in [3.05, 3.63) is 30.1 Å². The zero-order chi connectivity index (χ0) is 15.0. The molecule has 1 heterocycles. The van der Waals surface area contributed by atoms with Gasteiger partial charge in [-0.05, 0) is 31.8 Å². The maximum Gasteiger partial charge on any atom is 0.239 e. The smallest absolute Gasteiger partial charge is 0.239 e. The summed E-state index contributed by atoms with van der Waals surface area (Å²) in [5.74, 6) is -0.248. The molecule has 0 bridgehead atoms. The van der Waals surface area contributed by atoms with Gasteiger partial charge < -0.3 is 15.1 Å². The number of carbonyl (C=O) groups is 2. The van der Waals surface area contributed by atoms with Crippen molar-refractivity contribution in [2.24, 2.45) is 0 Å². The SMILES string of the molecule is CC(=O)N(CCN(C)C)CC(=O)NCc1ccncc1. The average Bonchev–Trinajstić information content (AvgIpc) is 2.41. The zero-order valence-electron chi connectivity index (χ0n) is 12.3. The van der Waals surface area contributed by atoms with Crippen LogP contribution in [-0.2, 0) is 16.1 Å². The molecule has 0 aliphatic heterocycles. The minimum atomic E-state index is -0.157. The van der Waals surface area contributed by atoms with Crippen molar-refractivity contribution >= 4 is 11.8 Å². The highest BCUT2D eigenvalue weighted by atomic mass is 16.2. The molecule has 0 saturated heterocycles. The largest absolute Gasteiger partial charge is 0.350 e. The lowest BCUT2D eigenvalue weighted by Gasteiger charge is -2.22. The summed E-state index contributed by atoms with van der Waals surface area (Å²) in [7, 11) is 3.86. The second kappa shape index (κ2) is 8.27. The normalized spacial score (nSPS) is 10.4. The molecule has 0 aliphatic rings. The molecular weight excluding hydrogens is 256 g/mol. The molecule has 110 valence electrons. The minimum absolute atomic E-state index is 0.0915. The topological polar surface area (TPSA) is 65.5 Å². The Bertz CT molecular complexity index is 434. The third-order valence-corrected chi connectivity index (χ3v) is 2.84. The van der Waals surface area contributed by atoms with Gasteiger partial charge in [-0.15, -0.1) is 0 Å². The summed E-state index contributed by atoms with van der Waals surface area (Å²) in [6, 6.07) is 3.68. The molecular formula is C14H22N4O2. The summed E-state index contributed by atoms with van der Waals surface area (Å²) in [6.45, 7) is 3.29. The molecule has 2 amide bonds. The lowest BCUT2D eigenvalue weighted by molar-refractivity contribution is -0.134. The lowest BCUT2D eigenvalue weighted by Crippen LogP contribution is -2.42. The molecule has 0 fully saturated rings. The van der Waals surface area contributed by atoms with E-state index in [1.165, 1.54) is 6.92 Å². The van der Waals surface area contributed by atoms with Crippen LogP contribution in [0, 0.1) is 0 Å². The fourth-order valence-corrected chi connectivity index (χ4v) is 1.60. The third kappa shape index (κ3) is 6.29. The minimum Gasteiger partial charge on any atom is -0.350 e. The first-order chi connectivity index (χ1) is 9.49. The van der Waals surface area contributed by atoms with E-state index in [2.05, 4.69) is 10.3 Å². The second-order valence-corrected chi connectivity index (χ2v) is 4.88. The van der Waals surface area contributed by atoms with Crippen LogP contribution in [0.5, 0.6) is 0 Å². The Balaban J connectivity index is 2.40. The van der Waals surface area contributed by atoms with E-state index in [0.29, 0.717) is 13.1 Å².